The van der Waals surface area contributed by atoms with Crippen molar-refractivity contribution < 1.29 is 0 Å². The van der Waals surface area contributed by atoms with Crippen molar-refractivity contribution >= 4 is 32.5 Å². The average molecular weight is 348 g/mol. The molecule has 1 aliphatic heterocycles. The smallest absolute Gasteiger partial charge is 0.0934 e. The molecule has 2 aromatic rings. The summed E-state index contributed by atoms with van der Waals surface area (Å²) in [5, 5.41) is 4.88. The minimum atomic E-state index is 0.564. The van der Waals surface area contributed by atoms with Crippen molar-refractivity contribution in [1.82, 2.24) is 9.88 Å². The van der Waals surface area contributed by atoms with E-state index in [9.17, 15) is 0 Å². The first kappa shape index (κ1) is 14.8. The van der Waals surface area contributed by atoms with E-state index in [2.05, 4.69) is 62.3 Å². The molecule has 0 amide bonds. The average Bonchev–Trinajstić information content (AvgIpc) is 2.49. The fourth-order valence-electron chi connectivity index (χ4n) is 3.09. The van der Waals surface area contributed by atoms with Crippen molar-refractivity contribution in [2.24, 2.45) is 0 Å². The van der Waals surface area contributed by atoms with Crippen molar-refractivity contribution in [3.63, 3.8) is 0 Å². The molecule has 0 aliphatic carbocycles. The van der Waals surface area contributed by atoms with E-state index in [-0.39, 0.29) is 0 Å². The predicted octanol–water partition coefficient (Wildman–Crippen LogP) is 4.28. The summed E-state index contributed by atoms with van der Waals surface area (Å²) in [4.78, 5) is 7.14. The standard InChI is InChI=1S/C17H22BrN3/c1-2-8-21-9-6-15(7-10-21)20-16-5-3-4-13-11-14(18)12-19-17(13)16/h3-5,11-12,15,20H,2,6-10H2,1H3. The van der Waals surface area contributed by atoms with Gasteiger partial charge in [-0.25, -0.2) is 0 Å². The zero-order chi connectivity index (χ0) is 14.7. The zero-order valence-corrected chi connectivity index (χ0v) is 14.1. The monoisotopic (exact) mass is 347 g/mol. The first-order valence-corrected chi connectivity index (χ1v) is 8.58. The van der Waals surface area contributed by atoms with Crippen LogP contribution < -0.4 is 5.32 Å². The van der Waals surface area contributed by atoms with E-state index in [1.54, 1.807) is 0 Å². The summed E-state index contributed by atoms with van der Waals surface area (Å²) in [6, 6.07) is 9.04. The molecule has 0 bridgehead atoms. The Bertz CT molecular complexity index is 606. The Hall–Kier alpha value is -1.13. The number of pyridine rings is 1. The van der Waals surface area contributed by atoms with E-state index < -0.39 is 0 Å². The molecule has 0 atom stereocenters. The van der Waals surface area contributed by atoms with E-state index in [0.29, 0.717) is 6.04 Å². The van der Waals surface area contributed by atoms with E-state index in [1.807, 2.05) is 6.20 Å². The second kappa shape index (κ2) is 6.75. The summed E-state index contributed by atoms with van der Waals surface area (Å²) in [6.45, 7) is 5.89. The Kier molecular flexibility index (Phi) is 4.76. The van der Waals surface area contributed by atoms with E-state index >= 15 is 0 Å². The topological polar surface area (TPSA) is 28.2 Å². The molecular formula is C17H22BrN3. The highest BCUT2D eigenvalue weighted by molar-refractivity contribution is 9.10. The summed E-state index contributed by atoms with van der Waals surface area (Å²) in [6.07, 6.45) is 5.55. The molecule has 0 unspecified atom stereocenters. The third-order valence-corrected chi connectivity index (χ3v) is 4.60. The van der Waals surface area contributed by atoms with E-state index in [4.69, 9.17) is 0 Å². The van der Waals surface area contributed by atoms with Gasteiger partial charge >= 0.3 is 0 Å². The molecule has 1 N–H and O–H groups in total. The van der Waals surface area contributed by atoms with Gasteiger partial charge in [0.15, 0.2) is 0 Å². The number of likely N-dealkylation sites (tertiary alicyclic amines) is 1. The summed E-state index contributed by atoms with van der Waals surface area (Å²) < 4.78 is 1.03. The fraction of sp³-hybridized carbons (Fsp3) is 0.471. The molecule has 0 saturated carbocycles. The van der Waals surface area contributed by atoms with Gasteiger partial charge in [0, 0.05) is 35.2 Å². The normalized spacial score (nSPS) is 17.2. The number of hydrogen-bond acceptors (Lipinski definition) is 3. The number of benzene rings is 1. The van der Waals surface area contributed by atoms with Crippen LogP contribution in [-0.2, 0) is 0 Å². The third kappa shape index (κ3) is 3.55. The Balaban J connectivity index is 1.71. The van der Waals surface area contributed by atoms with Crippen LogP contribution in [0.1, 0.15) is 26.2 Å². The molecule has 0 radical (unpaired) electrons. The molecule has 2 heterocycles. The SMILES string of the molecule is CCCN1CCC(Nc2cccc3cc(Br)cnc23)CC1. The lowest BCUT2D eigenvalue weighted by Gasteiger charge is -2.32. The summed E-state index contributed by atoms with van der Waals surface area (Å²) in [7, 11) is 0. The highest BCUT2D eigenvalue weighted by Gasteiger charge is 2.19. The number of hydrogen-bond donors (Lipinski definition) is 1. The molecule has 4 heteroatoms. The molecule has 1 aromatic carbocycles. The van der Waals surface area contributed by atoms with Gasteiger partial charge in [-0.2, -0.15) is 0 Å². The number of rotatable bonds is 4. The van der Waals surface area contributed by atoms with Gasteiger partial charge < -0.3 is 10.2 Å². The molecule has 1 aromatic heterocycles. The molecule has 1 aliphatic rings. The van der Waals surface area contributed by atoms with Gasteiger partial charge in [0.2, 0.25) is 0 Å². The summed E-state index contributed by atoms with van der Waals surface area (Å²) in [5.74, 6) is 0. The Morgan fingerprint density at radius 1 is 1.33 bits per heavy atom. The first-order chi connectivity index (χ1) is 10.3. The van der Waals surface area contributed by atoms with Crippen molar-refractivity contribution in [2.45, 2.75) is 32.2 Å². The van der Waals surface area contributed by atoms with Gasteiger partial charge in [-0.3, -0.25) is 4.98 Å². The maximum absolute atomic E-state index is 4.57. The summed E-state index contributed by atoms with van der Waals surface area (Å²) in [5.41, 5.74) is 2.23. The quantitative estimate of drug-likeness (QED) is 0.894. The second-order valence-electron chi connectivity index (χ2n) is 5.79. The second-order valence-corrected chi connectivity index (χ2v) is 6.71. The van der Waals surface area contributed by atoms with Crippen LogP contribution in [0.15, 0.2) is 34.9 Å². The van der Waals surface area contributed by atoms with Crippen LogP contribution in [0.25, 0.3) is 10.9 Å². The van der Waals surface area contributed by atoms with Gasteiger partial charge in [-0.05, 0) is 53.9 Å². The van der Waals surface area contributed by atoms with Crippen LogP contribution in [0.4, 0.5) is 5.69 Å². The molecule has 1 saturated heterocycles. The lowest BCUT2D eigenvalue weighted by molar-refractivity contribution is 0.219. The maximum Gasteiger partial charge on any atom is 0.0934 e. The molecule has 3 rings (SSSR count). The Labute approximate surface area is 134 Å². The molecule has 3 nitrogen and oxygen atoms in total. The van der Waals surface area contributed by atoms with Crippen LogP contribution in [0.5, 0.6) is 0 Å². The zero-order valence-electron chi connectivity index (χ0n) is 12.5. The van der Waals surface area contributed by atoms with Crippen molar-refractivity contribution in [1.29, 1.82) is 0 Å². The number of nitrogens with one attached hydrogen (secondary N) is 1. The maximum atomic E-state index is 4.57. The van der Waals surface area contributed by atoms with Gasteiger partial charge in [0.25, 0.3) is 0 Å². The highest BCUT2D eigenvalue weighted by atomic mass is 79.9. The number of aromatic nitrogens is 1. The number of piperidine rings is 1. The summed E-state index contributed by atoms with van der Waals surface area (Å²) >= 11 is 3.49. The molecule has 1 fully saturated rings. The van der Waals surface area contributed by atoms with Crippen LogP contribution in [0.3, 0.4) is 0 Å². The number of anilines is 1. The minimum Gasteiger partial charge on any atom is -0.380 e. The number of fused-ring (bicyclic) bond motifs is 1. The lowest BCUT2D eigenvalue weighted by atomic mass is 10.0. The first-order valence-electron chi connectivity index (χ1n) is 7.79. The number of para-hydroxylation sites is 1. The van der Waals surface area contributed by atoms with E-state index in [1.165, 1.54) is 44.3 Å². The highest BCUT2D eigenvalue weighted by Crippen LogP contribution is 2.26. The van der Waals surface area contributed by atoms with Crippen molar-refractivity contribution in [2.75, 3.05) is 25.0 Å². The molecule has 0 spiro atoms. The largest absolute Gasteiger partial charge is 0.380 e. The fourth-order valence-corrected chi connectivity index (χ4v) is 3.44. The van der Waals surface area contributed by atoms with Crippen molar-refractivity contribution in [3.8, 4) is 0 Å². The molecule has 21 heavy (non-hydrogen) atoms. The van der Waals surface area contributed by atoms with Crippen LogP contribution >= 0.6 is 15.9 Å². The lowest BCUT2D eigenvalue weighted by Crippen LogP contribution is -2.39. The van der Waals surface area contributed by atoms with Crippen LogP contribution in [0, 0.1) is 0 Å². The van der Waals surface area contributed by atoms with Crippen LogP contribution in [0.2, 0.25) is 0 Å². The molecular weight excluding hydrogens is 326 g/mol. The Morgan fingerprint density at radius 2 is 2.14 bits per heavy atom. The van der Waals surface area contributed by atoms with Gasteiger partial charge in [0.1, 0.15) is 0 Å². The number of nitrogens with zero attached hydrogens (tertiary/aromatic N) is 2. The van der Waals surface area contributed by atoms with Crippen molar-refractivity contribution in [3.05, 3.63) is 34.9 Å². The third-order valence-electron chi connectivity index (χ3n) is 4.16. The van der Waals surface area contributed by atoms with Gasteiger partial charge in [-0.1, -0.05) is 19.1 Å². The predicted molar refractivity (Wildman–Crippen MR) is 92.8 cm³/mol. The number of halogens is 1. The minimum absolute atomic E-state index is 0.564. The van der Waals surface area contributed by atoms with Gasteiger partial charge in [-0.15, -0.1) is 0 Å². The van der Waals surface area contributed by atoms with E-state index in [0.717, 1.165) is 15.7 Å². The molecule has 112 valence electrons. The van der Waals surface area contributed by atoms with Gasteiger partial charge in [0.05, 0.1) is 11.2 Å². The Morgan fingerprint density at radius 3 is 2.90 bits per heavy atom. The van der Waals surface area contributed by atoms with Crippen LogP contribution in [-0.4, -0.2) is 35.6 Å².